The molecule has 6 heteroatoms. The molecule has 138 valence electrons. The van der Waals surface area contributed by atoms with Gasteiger partial charge in [0.15, 0.2) is 0 Å². The number of carbonyl (C=O) groups is 2. The largest absolute Gasteiger partial charge is 0.350 e. The molecular formula is C21H22N4O2. The second kappa shape index (κ2) is 7.58. The van der Waals surface area contributed by atoms with Gasteiger partial charge in [-0.15, -0.1) is 0 Å². The van der Waals surface area contributed by atoms with E-state index in [1.54, 1.807) is 19.1 Å². The van der Waals surface area contributed by atoms with E-state index in [0.29, 0.717) is 29.4 Å². The van der Waals surface area contributed by atoms with Crippen LogP contribution < -0.4 is 10.6 Å². The molecule has 0 radical (unpaired) electrons. The van der Waals surface area contributed by atoms with E-state index >= 15 is 0 Å². The third kappa shape index (κ3) is 4.14. The maximum absolute atomic E-state index is 12.9. The first kappa shape index (κ1) is 18.6. The van der Waals surface area contributed by atoms with Crippen molar-refractivity contribution in [3.05, 3.63) is 57.9 Å². The van der Waals surface area contributed by atoms with E-state index in [-0.39, 0.29) is 17.2 Å². The molecular weight excluding hydrogens is 340 g/mol. The van der Waals surface area contributed by atoms with E-state index in [1.807, 2.05) is 26.0 Å². The van der Waals surface area contributed by atoms with Crippen LogP contribution in [-0.2, 0) is 0 Å². The number of benzene rings is 1. The fourth-order valence-electron chi connectivity index (χ4n) is 2.85. The number of nitriles is 1. The number of nitrogens with zero attached hydrogens (tertiary/aromatic N) is 2. The predicted octanol–water partition coefficient (Wildman–Crippen LogP) is 3.27. The number of nitrogens with one attached hydrogen (secondary N) is 2. The average molecular weight is 362 g/mol. The van der Waals surface area contributed by atoms with E-state index in [9.17, 15) is 14.9 Å². The lowest BCUT2D eigenvalue weighted by Crippen LogP contribution is -2.29. The Morgan fingerprint density at radius 3 is 2.48 bits per heavy atom. The van der Waals surface area contributed by atoms with Gasteiger partial charge < -0.3 is 10.6 Å². The molecule has 27 heavy (non-hydrogen) atoms. The van der Waals surface area contributed by atoms with Gasteiger partial charge in [-0.1, -0.05) is 12.1 Å². The molecule has 0 bridgehead atoms. The van der Waals surface area contributed by atoms with Crippen molar-refractivity contribution in [3.63, 3.8) is 0 Å². The number of hydrogen-bond acceptors (Lipinski definition) is 4. The molecule has 2 N–H and O–H groups in total. The number of aromatic nitrogens is 1. The molecule has 1 fully saturated rings. The molecule has 1 aliphatic rings. The zero-order chi connectivity index (χ0) is 19.6. The van der Waals surface area contributed by atoms with Crippen molar-refractivity contribution < 1.29 is 9.59 Å². The fourth-order valence-corrected chi connectivity index (χ4v) is 2.85. The molecule has 0 atom stereocenters. The number of pyridine rings is 1. The Balaban J connectivity index is 1.90. The minimum atomic E-state index is -0.454. The summed E-state index contributed by atoms with van der Waals surface area (Å²) in [4.78, 5) is 29.7. The molecule has 0 saturated heterocycles. The lowest BCUT2D eigenvalue weighted by Gasteiger charge is -2.14. The molecule has 1 aromatic carbocycles. The molecule has 0 spiro atoms. The van der Waals surface area contributed by atoms with Crippen molar-refractivity contribution in [2.45, 2.75) is 33.6 Å². The van der Waals surface area contributed by atoms with Crippen LogP contribution in [0, 0.1) is 38.0 Å². The van der Waals surface area contributed by atoms with Gasteiger partial charge >= 0.3 is 0 Å². The molecule has 2 amide bonds. The van der Waals surface area contributed by atoms with Crippen LogP contribution in [0.25, 0.3) is 0 Å². The first-order chi connectivity index (χ1) is 12.9. The topological polar surface area (TPSA) is 94.9 Å². The Labute approximate surface area is 158 Å². The SMILES string of the molecule is Cc1ccc(C(=O)Nc2c(C)ccc(C)c2C#N)c(C(=O)NCC2CC2)n1. The Morgan fingerprint density at radius 2 is 1.81 bits per heavy atom. The van der Waals surface area contributed by atoms with Gasteiger partial charge in [0.2, 0.25) is 0 Å². The van der Waals surface area contributed by atoms with Crippen LogP contribution in [-0.4, -0.2) is 23.3 Å². The summed E-state index contributed by atoms with van der Waals surface area (Å²) < 4.78 is 0. The van der Waals surface area contributed by atoms with Gasteiger partial charge in [0, 0.05) is 12.2 Å². The average Bonchev–Trinajstić information content (AvgIpc) is 3.47. The van der Waals surface area contributed by atoms with Crippen molar-refractivity contribution in [2.24, 2.45) is 5.92 Å². The number of rotatable bonds is 5. The molecule has 2 aromatic rings. The summed E-state index contributed by atoms with van der Waals surface area (Å²) in [7, 11) is 0. The van der Waals surface area contributed by atoms with Crippen molar-refractivity contribution in [3.8, 4) is 6.07 Å². The zero-order valence-electron chi connectivity index (χ0n) is 15.7. The van der Waals surface area contributed by atoms with Crippen LogP contribution >= 0.6 is 0 Å². The van der Waals surface area contributed by atoms with Gasteiger partial charge in [-0.25, -0.2) is 4.98 Å². The van der Waals surface area contributed by atoms with Gasteiger partial charge in [0.1, 0.15) is 11.8 Å². The van der Waals surface area contributed by atoms with E-state index in [0.717, 1.165) is 24.0 Å². The Morgan fingerprint density at radius 1 is 1.11 bits per heavy atom. The second-order valence-corrected chi connectivity index (χ2v) is 7.02. The number of amides is 2. The van der Waals surface area contributed by atoms with Gasteiger partial charge in [0.25, 0.3) is 11.8 Å². The summed E-state index contributed by atoms with van der Waals surface area (Å²) in [5.74, 6) is -0.273. The van der Waals surface area contributed by atoms with Crippen molar-refractivity contribution in [1.29, 1.82) is 5.26 Å². The highest BCUT2D eigenvalue weighted by Crippen LogP contribution is 2.28. The number of hydrogen-bond donors (Lipinski definition) is 2. The zero-order valence-corrected chi connectivity index (χ0v) is 15.7. The first-order valence-corrected chi connectivity index (χ1v) is 8.98. The lowest BCUT2D eigenvalue weighted by molar-refractivity contribution is 0.0933. The normalized spacial score (nSPS) is 13.0. The number of aryl methyl sites for hydroxylation is 3. The summed E-state index contributed by atoms with van der Waals surface area (Å²) in [6.07, 6.45) is 2.25. The van der Waals surface area contributed by atoms with Crippen LogP contribution in [0.2, 0.25) is 0 Å². The molecule has 1 heterocycles. The van der Waals surface area contributed by atoms with Crippen molar-refractivity contribution in [2.75, 3.05) is 11.9 Å². The van der Waals surface area contributed by atoms with Crippen LogP contribution in [0.3, 0.4) is 0 Å². The Kier molecular flexibility index (Phi) is 5.22. The number of anilines is 1. The van der Waals surface area contributed by atoms with Crippen molar-refractivity contribution >= 4 is 17.5 Å². The van der Waals surface area contributed by atoms with Crippen molar-refractivity contribution in [1.82, 2.24) is 10.3 Å². The Bertz CT molecular complexity index is 955. The van der Waals surface area contributed by atoms with Gasteiger partial charge in [-0.2, -0.15) is 5.26 Å². The Hall–Kier alpha value is -3.20. The lowest BCUT2D eigenvalue weighted by atomic mass is 10.0. The summed E-state index contributed by atoms with van der Waals surface area (Å²) in [6.45, 7) is 6.02. The summed E-state index contributed by atoms with van der Waals surface area (Å²) in [5, 5.41) is 15.1. The molecule has 1 saturated carbocycles. The molecule has 3 rings (SSSR count). The third-order valence-electron chi connectivity index (χ3n) is 4.71. The quantitative estimate of drug-likeness (QED) is 0.853. The van der Waals surface area contributed by atoms with Gasteiger partial charge in [0.05, 0.1) is 16.8 Å². The minimum Gasteiger partial charge on any atom is -0.350 e. The highest BCUT2D eigenvalue weighted by molar-refractivity contribution is 6.11. The van der Waals surface area contributed by atoms with Crippen LogP contribution in [0.1, 0.15) is 56.1 Å². The summed E-state index contributed by atoms with van der Waals surface area (Å²) in [5.41, 5.74) is 3.41. The summed E-state index contributed by atoms with van der Waals surface area (Å²) >= 11 is 0. The summed E-state index contributed by atoms with van der Waals surface area (Å²) in [6, 6.07) is 9.12. The first-order valence-electron chi connectivity index (χ1n) is 8.98. The van der Waals surface area contributed by atoms with Gasteiger partial charge in [-0.3, -0.25) is 9.59 Å². The molecule has 6 nitrogen and oxygen atoms in total. The predicted molar refractivity (Wildman–Crippen MR) is 103 cm³/mol. The maximum atomic E-state index is 12.9. The second-order valence-electron chi connectivity index (χ2n) is 7.02. The van der Waals surface area contributed by atoms with Gasteiger partial charge in [-0.05, 0) is 62.8 Å². The highest BCUT2D eigenvalue weighted by atomic mass is 16.2. The molecule has 0 unspecified atom stereocenters. The fraction of sp³-hybridized carbons (Fsp3) is 0.333. The van der Waals surface area contributed by atoms with E-state index in [1.165, 1.54) is 0 Å². The van der Waals surface area contributed by atoms with Crippen LogP contribution in [0.4, 0.5) is 5.69 Å². The monoisotopic (exact) mass is 362 g/mol. The smallest absolute Gasteiger partial charge is 0.270 e. The molecule has 1 aliphatic carbocycles. The standard InChI is InChI=1S/C21H22N4O2/c1-12-4-5-13(2)18(17(12)10-22)25-20(26)16-9-6-14(3)24-19(16)21(27)23-11-15-7-8-15/h4-6,9,15H,7-8,11H2,1-3H3,(H,23,27)(H,25,26). The maximum Gasteiger partial charge on any atom is 0.270 e. The minimum absolute atomic E-state index is 0.108. The molecule has 1 aromatic heterocycles. The van der Waals surface area contributed by atoms with E-state index in [4.69, 9.17) is 0 Å². The van der Waals surface area contributed by atoms with Crippen LogP contribution in [0.15, 0.2) is 24.3 Å². The van der Waals surface area contributed by atoms with E-state index < -0.39 is 5.91 Å². The number of carbonyl (C=O) groups excluding carboxylic acids is 2. The highest BCUT2D eigenvalue weighted by Gasteiger charge is 2.25. The third-order valence-corrected chi connectivity index (χ3v) is 4.71. The van der Waals surface area contributed by atoms with Crippen LogP contribution in [0.5, 0.6) is 0 Å². The molecule has 0 aliphatic heterocycles. The van der Waals surface area contributed by atoms with E-state index in [2.05, 4.69) is 21.7 Å².